The molecule has 0 heteroatoms. The molecule has 1 fully saturated rings. The smallest absolute Gasteiger partial charge is 0.00925 e. The Morgan fingerprint density at radius 3 is 2.49 bits per heavy atom. The molecular formula is C37H30. The van der Waals surface area contributed by atoms with Crippen molar-refractivity contribution in [2.75, 3.05) is 0 Å². The average Bonchev–Trinajstić information content (AvgIpc) is 3.61. The van der Waals surface area contributed by atoms with E-state index in [2.05, 4.69) is 111 Å². The standard InChI is InChI=1S/C37H30/c1-3-37(2)32-20-24(15-16-26(32)28-17-14-23-18-30(23)36(28)37)34-25-11-5-4-8-22(25)19-31-27-12-6-9-21-10-7-13-29(33(21)27)35(31)34/h4-17,19-20,23,26,30,32H,3,18H2,1-2H3. The summed E-state index contributed by atoms with van der Waals surface area (Å²) in [4.78, 5) is 0. The monoisotopic (exact) mass is 474 g/mol. The Morgan fingerprint density at radius 1 is 0.811 bits per heavy atom. The van der Waals surface area contributed by atoms with Gasteiger partial charge < -0.3 is 0 Å². The molecule has 0 aliphatic heterocycles. The van der Waals surface area contributed by atoms with Gasteiger partial charge in [-0.25, -0.2) is 0 Å². The Hall–Kier alpha value is -3.64. The minimum Gasteiger partial charge on any atom is -0.0805 e. The van der Waals surface area contributed by atoms with Crippen LogP contribution in [0, 0.1) is 29.1 Å². The van der Waals surface area contributed by atoms with E-state index in [1.54, 1.807) is 11.1 Å². The second-order valence-electron chi connectivity index (χ2n) is 12.1. The summed E-state index contributed by atoms with van der Waals surface area (Å²) in [6, 6.07) is 25.1. The number of benzene rings is 4. The van der Waals surface area contributed by atoms with E-state index in [0.717, 1.165) is 11.8 Å². The largest absolute Gasteiger partial charge is 0.0805 e. The summed E-state index contributed by atoms with van der Waals surface area (Å²) in [5, 5.41) is 5.46. The lowest BCUT2D eigenvalue weighted by Gasteiger charge is -2.36. The third-order valence-electron chi connectivity index (χ3n) is 10.5. The van der Waals surface area contributed by atoms with Gasteiger partial charge in [0.25, 0.3) is 0 Å². The minimum atomic E-state index is 0.247. The zero-order chi connectivity index (χ0) is 24.5. The van der Waals surface area contributed by atoms with Crippen LogP contribution >= 0.6 is 0 Å². The fraction of sp³-hybridized carbons (Fsp3) is 0.243. The van der Waals surface area contributed by atoms with Crippen LogP contribution in [0.2, 0.25) is 0 Å². The summed E-state index contributed by atoms with van der Waals surface area (Å²) in [6.07, 6.45) is 15.3. The summed E-state index contributed by atoms with van der Waals surface area (Å²) in [5.74, 6) is 2.65. The van der Waals surface area contributed by atoms with Crippen molar-refractivity contribution in [3.05, 3.63) is 114 Å². The van der Waals surface area contributed by atoms with Crippen molar-refractivity contribution in [3.63, 3.8) is 0 Å². The second kappa shape index (κ2) is 6.81. The summed E-state index contributed by atoms with van der Waals surface area (Å²) < 4.78 is 0. The SMILES string of the molecule is CCC1(C)C2=C(C=CC3CC23)C2C=CC(c3c4c(cc5ccccc35)-c3cccc5cccc-4c35)=CC21. The second-order valence-corrected chi connectivity index (χ2v) is 12.1. The van der Waals surface area contributed by atoms with Crippen LogP contribution < -0.4 is 0 Å². The van der Waals surface area contributed by atoms with Crippen LogP contribution in [0.5, 0.6) is 0 Å². The lowest BCUT2D eigenvalue weighted by Crippen LogP contribution is -2.28. The maximum atomic E-state index is 2.68. The molecule has 0 heterocycles. The van der Waals surface area contributed by atoms with Crippen LogP contribution in [0.25, 0.3) is 49.4 Å². The molecular weight excluding hydrogens is 444 g/mol. The van der Waals surface area contributed by atoms with Gasteiger partial charge in [0, 0.05) is 5.92 Å². The van der Waals surface area contributed by atoms with Crippen molar-refractivity contribution in [1.82, 2.24) is 0 Å². The molecule has 4 aromatic carbocycles. The molecule has 0 radical (unpaired) electrons. The number of fused-ring (bicyclic) bond motifs is 8. The summed E-state index contributed by atoms with van der Waals surface area (Å²) in [5.41, 5.74) is 12.1. The van der Waals surface area contributed by atoms with E-state index < -0.39 is 0 Å². The summed E-state index contributed by atoms with van der Waals surface area (Å²) in [6.45, 7) is 4.99. The molecule has 5 aliphatic carbocycles. The highest BCUT2D eigenvalue weighted by Crippen LogP contribution is 2.66. The van der Waals surface area contributed by atoms with E-state index in [4.69, 9.17) is 0 Å². The first-order valence-corrected chi connectivity index (χ1v) is 14.1. The lowest BCUT2D eigenvalue weighted by molar-refractivity contribution is 0.265. The van der Waals surface area contributed by atoms with Crippen LogP contribution in [-0.2, 0) is 0 Å². The zero-order valence-corrected chi connectivity index (χ0v) is 21.5. The van der Waals surface area contributed by atoms with Gasteiger partial charge in [-0.2, -0.15) is 0 Å². The molecule has 5 atom stereocenters. The number of hydrogen-bond acceptors (Lipinski definition) is 0. The lowest BCUT2D eigenvalue weighted by atomic mass is 9.67. The molecule has 1 saturated carbocycles. The quantitative estimate of drug-likeness (QED) is 0.239. The highest BCUT2D eigenvalue weighted by molar-refractivity contribution is 6.21. The molecule has 0 bridgehead atoms. The molecule has 0 aromatic heterocycles. The van der Waals surface area contributed by atoms with Gasteiger partial charge in [0.2, 0.25) is 0 Å². The first-order chi connectivity index (χ1) is 18.2. The van der Waals surface area contributed by atoms with Crippen molar-refractivity contribution in [1.29, 1.82) is 0 Å². The molecule has 0 N–H and O–H groups in total. The van der Waals surface area contributed by atoms with Crippen LogP contribution in [0.3, 0.4) is 0 Å². The first kappa shape index (κ1) is 20.4. The summed E-state index contributed by atoms with van der Waals surface area (Å²) >= 11 is 0. The third kappa shape index (κ3) is 2.45. The van der Waals surface area contributed by atoms with Gasteiger partial charge in [0.1, 0.15) is 0 Å². The van der Waals surface area contributed by atoms with Crippen molar-refractivity contribution >= 4 is 27.1 Å². The normalized spacial score (nSPS) is 29.8. The predicted octanol–water partition coefficient (Wildman–Crippen LogP) is 9.76. The van der Waals surface area contributed by atoms with Crippen LogP contribution in [-0.4, -0.2) is 0 Å². The van der Waals surface area contributed by atoms with Gasteiger partial charge >= 0.3 is 0 Å². The Bertz CT molecular complexity index is 1820. The highest BCUT2D eigenvalue weighted by atomic mass is 14.6. The van der Waals surface area contributed by atoms with E-state index in [0.29, 0.717) is 11.8 Å². The Kier molecular flexibility index (Phi) is 3.76. The molecule has 0 nitrogen and oxygen atoms in total. The zero-order valence-electron chi connectivity index (χ0n) is 21.5. The van der Waals surface area contributed by atoms with Gasteiger partial charge in [0.15, 0.2) is 0 Å². The van der Waals surface area contributed by atoms with E-state index >= 15 is 0 Å². The Morgan fingerprint density at radius 2 is 1.62 bits per heavy atom. The maximum Gasteiger partial charge on any atom is 0.00925 e. The molecule has 37 heavy (non-hydrogen) atoms. The van der Waals surface area contributed by atoms with Crippen molar-refractivity contribution in [2.45, 2.75) is 26.7 Å². The van der Waals surface area contributed by atoms with Gasteiger partial charge in [0.05, 0.1) is 0 Å². The molecule has 0 saturated heterocycles. The number of hydrogen-bond donors (Lipinski definition) is 0. The van der Waals surface area contributed by atoms with Crippen molar-refractivity contribution in [2.24, 2.45) is 29.1 Å². The van der Waals surface area contributed by atoms with Gasteiger partial charge in [-0.3, -0.25) is 0 Å². The predicted molar refractivity (Wildman–Crippen MR) is 156 cm³/mol. The van der Waals surface area contributed by atoms with Crippen molar-refractivity contribution in [3.8, 4) is 22.3 Å². The number of rotatable bonds is 2. The van der Waals surface area contributed by atoms with E-state index in [9.17, 15) is 0 Å². The first-order valence-electron chi connectivity index (χ1n) is 14.1. The van der Waals surface area contributed by atoms with E-state index in [1.165, 1.54) is 67.8 Å². The minimum absolute atomic E-state index is 0.247. The van der Waals surface area contributed by atoms with Gasteiger partial charge in [-0.1, -0.05) is 110 Å². The molecule has 5 unspecified atom stereocenters. The van der Waals surface area contributed by atoms with E-state index in [-0.39, 0.29) is 5.41 Å². The molecule has 0 spiro atoms. The maximum absolute atomic E-state index is 2.68. The highest BCUT2D eigenvalue weighted by Gasteiger charge is 2.56. The fourth-order valence-electron chi connectivity index (χ4n) is 8.58. The average molecular weight is 475 g/mol. The van der Waals surface area contributed by atoms with Crippen molar-refractivity contribution < 1.29 is 0 Å². The van der Waals surface area contributed by atoms with Crippen LogP contribution in [0.1, 0.15) is 32.3 Å². The topological polar surface area (TPSA) is 0 Å². The number of allylic oxidation sites excluding steroid dienone is 8. The Balaban J connectivity index is 1.31. The molecule has 0 amide bonds. The molecule has 4 aromatic rings. The molecule has 9 rings (SSSR count). The molecule has 178 valence electrons. The Labute approximate surface area is 218 Å². The van der Waals surface area contributed by atoms with Gasteiger partial charge in [-0.05, 0) is 103 Å². The van der Waals surface area contributed by atoms with Crippen LogP contribution in [0.4, 0.5) is 0 Å². The third-order valence-corrected chi connectivity index (χ3v) is 10.5. The fourth-order valence-corrected chi connectivity index (χ4v) is 8.58. The van der Waals surface area contributed by atoms with Gasteiger partial charge in [-0.15, -0.1) is 0 Å². The summed E-state index contributed by atoms with van der Waals surface area (Å²) in [7, 11) is 0. The van der Waals surface area contributed by atoms with E-state index in [1.807, 2.05) is 0 Å². The van der Waals surface area contributed by atoms with Crippen LogP contribution in [0.15, 0.2) is 108 Å². The molecule has 5 aliphatic rings.